The predicted molar refractivity (Wildman–Crippen MR) is 193 cm³/mol. The number of amides is 2. The lowest BCUT2D eigenvalue weighted by molar-refractivity contribution is -0.138. The summed E-state index contributed by atoms with van der Waals surface area (Å²) in [6.07, 6.45) is -7.15. The number of nitrogens with two attached hydrogens (primary N) is 1. The quantitative estimate of drug-likeness (QED) is 0.0480. The molecule has 2 aromatic heterocycles. The Balaban J connectivity index is 1.47. The van der Waals surface area contributed by atoms with Crippen LogP contribution in [0.4, 0.5) is 5.82 Å². The van der Waals surface area contributed by atoms with E-state index in [1.807, 2.05) is 0 Å². The topological polar surface area (TPSA) is 401 Å². The molecule has 0 bridgehead atoms. The Labute approximate surface area is 327 Å². The molecule has 26 nitrogen and oxygen atoms in total. The van der Waals surface area contributed by atoms with Crippen molar-refractivity contribution in [2.24, 2.45) is 11.3 Å². The minimum atomic E-state index is -5.59. The molecule has 0 aliphatic carbocycles. The molecule has 2 aromatic rings. The van der Waals surface area contributed by atoms with Crippen molar-refractivity contribution in [2.75, 3.05) is 37.8 Å². The summed E-state index contributed by atoms with van der Waals surface area (Å²) in [6.45, 7) is 1.90. The van der Waals surface area contributed by atoms with Crippen LogP contribution in [0.25, 0.3) is 11.2 Å². The number of phosphoric acid groups is 3. The second kappa shape index (κ2) is 20.3. The zero-order chi connectivity index (χ0) is 42.9. The molecule has 4 unspecified atom stereocenters. The number of rotatable bonds is 23. The van der Waals surface area contributed by atoms with Crippen molar-refractivity contribution in [1.29, 1.82) is 0 Å². The van der Waals surface area contributed by atoms with E-state index in [0.29, 0.717) is 0 Å². The van der Waals surface area contributed by atoms with Crippen molar-refractivity contribution >= 4 is 75.1 Å². The number of fused-ring (bicyclic) bond motifs is 1. The number of ether oxygens (including phenoxy) is 1. The summed E-state index contributed by atoms with van der Waals surface area (Å²) in [5.74, 6) is -2.68. The van der Waals surface area contributed by atoms with E-state index in [0.717, 1.165) is 29.0 Å². The van der Waals surface area contributed by atoms with E-state index < -0.39 is 90.5 Å². The van der Waals surface area contributed by atoms with Crippen molar-refractivity contribution in [1.82, 2.24) is 30.2 Å². The molecule has 2 amide bonds. The van der Waals surface area contributed by atoms with Crippen molar-refractivity contribution in [3.63, 3.8) is 0 Å². The third-order valence-electron chi connectivity index (χ3n) is 7.80. The highest BCUT2D eigenvalue weighted by molar-refractivity contribution is 8.13. The molecule has 1 aliphatic heterocycles. The number of carboxylic acids is 1. The van der Waals surface area contributed by atoms with Crippen LogP contribution in [0.15, 0.2) is 12.7 Å². The normalized spacial score (nSPS) is 22.0. The summed E-state index contributed by atoms with van der Waals surface area (Å²) in [5, 5.41) is 34.8. The van der Waals surface area contributed by atoms with Gasteiger partial charge in [0.2, 0.25) is 11.8 Å². The van der Waals surface area contributed by atoms with E-state index >= 15 is 0 Å². The maximum absolute atomic E-state index is 12.7. The molecule has 3 heterocycles. The monoisotopic (exact) mass is 895 g/mol. The van der Waals surface area contributed by atoms with Crippen molar-refractivity contribution < 1.29 is 90.4 Å². The van der Waals surface area contributed by atoms with Gasteiger partial charge in [0, 0.05) is 43.5 Å². The molecular formula is C27H44N7O19P3S. The largest absolute Gasteiger partial charge is 0.481 e. The molecule has 57 heavy (non-hydrogen) atoms. The Morgan fingerprint density at radius 1 is 1.04 bits per heavy atom. The first kappa shape index (κ1) is 48.4. The Morgan fingerprint density at radius 2 is 1.70 bits per heavy atom. The third kappa shape index (κ3) is 15.3. The van der Waals surface area contributed by atoms with Gasteiger partial charge in [0.05, 0.1) is 19.5 Å². The maximum Gasteiger partial charge on any atom is 0.481 e. The standard InChI is InChI=1S/C27H44N7O19P3S/c1-14(8-17(36)37)9-18(38)57-7-6-29-16(35)4-5-30-25(41)22(40)27(2,3)11-50-56(47,48)53-55(45,46)49-10-15-21(52-54(42,43)44)20(39)26(51-15)34-13-33-19-23(28)31-12-32-24(19)34/h12-15,20-22,26,39-40H,4-11H2,1-3H3,(H,29,35)(H,30,41)(H,36,37)(H,45,46)(H,47,48)(H2,28,31,32)(H2,42,43,44)/t14?,15-,20-,21-,22?,26-/m1/s1. The number of nitrogen functional groups attached to an aromatic ring is 1. The van der Waals surface area contributed by atoms with Crippen LogP contribution in [0, 0.1) is 11.3 Å². The lowest BCUT2D eigenvalue weighted by atomic mass is 9.87. The predicted octanol–water partition coefficient (Wildman–Crippen LogP) is -0.834. The molecule has 3 rings (SSSR count). The molecular weight excluding hydrogens is 851 g/mol. The molecule has 0 radical (unpaired) electrons. The highest BCUT2D eigenvalue weighted by Gasteiger charge is 2.50. The number of carbonyl (C=O) groups is 4. The number of imidazole rings is 1. The zero-order valence-corrected chi connectivity index (χ0v) is 33.9. The van der Waals surface area contributed by atoms with E-state index in [9.17, 15) is 62.7 Å². The summed E-state index contributed by atoms with van der Waals surface area (Å²) in [7, 11) is -16.4. The number of nitrogens with one attached hydrogen (secondary N) is 2. The van der Waals surface area contributed by atoms with Gasteiger partial charge in [-0.3, -0.25) is 37.3 Å². The first-order valence-electron chi connectivity index (χ1n) is 16.6. The number of phosphoric ester groups is 3. The fraction of sp³-hybridized carbons (Fsp3) is 0.667. The van der Waals surface area contributed by atoms with E-state index in [2.05, 4.69) is 34.4 Å². The molecule has 1 fully saturated rings. The average molecular weight is 896 g/mol. The number of thioether (sulfide) groups is 1. The number of nitrogens with zero attached hydrogens (tertiary/aromatic N) is 4. The van der Waals surface area contributed by atoms with E-state index in [1.165, 1.54) is 13.8 Å². The van der Waals surface area contributed by atoms with Gasteiger partial charge in [0.1, 0.15) is 36.3 Å². The van der Waals surface area contributed by atoms with Gasteiger partial charge in [-0.25, -0.2) is 28.6 Å². The van der Waals surface area contributed by atoms with Gasteiger partial charge >= 0.3 is 29.4 Å². The second-order valence-electron chi connectivity index (χ2n) is 13.2. The number of carboxylic acid groups (broad SMARTS) is 1. The summed E-state index contributed by atoms with van der Waals surface area (Å²) in [4.78, 5) is 98.1. The van der Waals surface area contributed by atoms with Gasteiger partial charge in [-0.05, 0) is 5.92 Å². The highest BCUT2D eigenvalue weighted by Crippen LogP contribution is 2.61. The average Bonchev–Trinajstić information content (AvgIpc) is 3.64. The minimum absolute atomic E-state index is 0.0206. The van der Waals surface area contributed by atoms with Crippen molar-refractivity contribution in [3.8, 4) is 0 Å². The number of aliphatic carboxylic acids is 1. The fourth-order valence-corrected chi connectivity index (χ4v) is 8.67. The summed E-state index contributed by atoms with van der Waals surface area (Å²) in [5.41, 5.74) is 4.21. The van der Waals surface area contributed by atoms with Crippen LogP contribution >= 0.6 is 35.2 Å². The molecule has 11 N–H and O–H groups in total. The van der Waals surface area contributed by atoms with Gasteiger partial charge < -0.3 is 56.0 Å². The van der Waals surface area contributed by atoms with Crippen molar-refractivity contribution in [3.05, 3.63) is 12.7 Å². The number of hydrogen-bond acceptors (Lipinski definition) is 19. The number of hydrogen-bond donors (Lipinski definition) is 10. The van der Waals surface area contributed by atoms with Crippen LogP contribution in [0.3, 0.4) is 0 Å². The Bertz CT molecular complexity index is 1900. The number of aliphatic hydroxyl groups excluding tert-OH is 2. The van der Waals surface area contributed by atoms with Crippen LogP contribution in [-0.2, 0) is 55.5 Å². The first-order valence-corrected chi connectivity index (χ1v) is 22.1. The zero-order valence-electron chi connectivity index (χ0n) is 30.4. The minimum Gasteiger partial charge on any atom is -0.481 e. The number of aromatic nitrogens is 4. The summed E-state index contributed by atoms with van der Waals surface area (Å²) in [6, 6.07) is 0. The van der Waals surface area contributed by atoms with Gasteiger partial charge in [-0.2, -0.15) is 4.31 Å². The Morgan fingerprint density at radius 3 is 2.35 bits per heavy atom. The van der Waals surface area contributed by atoms with Crippen LogP contribution in [0.1, 0.15) is 46.3 Å². The number of carbonyl (C=O) groups excluding carboxylic acids is 3. The Hall–Kier alpha value is -2.97. The van der Waals surface area contributed by atoms with Gasteiger partial charge in [-0.15, -0.1) is 0 Å². The smallest absolute Gasteiger partial charge is 0.481 e. The molecule has 8 atom stereocenters. The molecule has 0 saturated carbocycles. The number of aliphatic hydroxyl groups is 2. The lowest BCUT2D eigenvalue weighted by Crippen LogP contribution is -2.46. The molecule has 1 saturated heterocycles. The first-order chi connectivity index (χ1) is 26.3. The van der Waals surface area contributed by atoms with Crippen LogP contribution in [0.2, 0.25) is 0 Å². The molecule has 1 aliphatic rings. The second-order valence-corrected chi connectivity index (χ2v) is 18.6. The van der Waals surface area contributed by atoms with Gasteiger partial charge in [0.25, 0.3) is 0 Å². The maximum atomic E-state index is 12.7. The number of anilines is 1. The van der Waals surface area contributed by atoms with Crippen LogP contribution in [0.5, 0.6) is 0 Å². The van der Waals surface area contributed by atoms with Gasteiger partial charge in [0.15, 0.2) is 22.8 Å². The van der Waals surface area contributed by atoms with E-state index in [1.54, 1.807) is 6.92 Å². The lowest BCUT2D eigenvalue weighted by Gasteiger charge is -2.30. The van der Waals surface area contributed by atoms with Crippen LogP contribution < -0.4 is 16.4 Å². The highest BCUT2D eigenvalue weighted by atomic mass is 32.2. The fourth-order valence-electron chi connectivity index (χ4n) is 5.01. The molecule has 30 heteroatoms. The Kier molecular flexibility index (Phi) is 17.3. The molecule has 0 aromatic carbocycles. The third-order valence-corrected chi connectivity index (χ3v) is 11.8. The molecule has 0 spiro atoms. The van der Waals surface area contributed by atoms with E-state index in [-0.39, 0.29) is 66.1 Å². The molecule has 322 valence electrons. The van der Waals surface area contributed by atoms with Gasteiger partial charge in [-0.1, -0.05) is 32.5 Å². The summed E-state index contributed by atoms with van der Waals surface area (Å²) >= 11 is 0.933. The van der Waals surface area contributed by atoms with Crippen molar-refractivity contribution in [2.45, 2.75) is 70.7 Å². The SMILES string of the molecule is CC(CC(=O)O)CC(=O)SCCNC(=O)CCNC(=O)C(O)C(C)(C)COP(=O)(O)OP(=O)(O)OC[C@H]1O[C@@H](n2cnc3c(N)ncnc32)[C@H](O)[C@@H]1OP(=O)(O)O. The van der Waals surface area contributed by atoms with Crippen LogP contribution in [-0.4, -0.2) is 134 Å². The van der Waals surface area contributed by atoms with E-state index in [4.69, 9.17) is 24.6 Å². The summed E-state index contributed by atoms with van der Waals surface area (Å²) < 4.78 is 62.0.